The second kappa shape index (κ2) is 11.8. The number of allylic oxidation sites excluding steroid dienone is 4. The van der Waals surface area contributed by atoms with Gasteiger partial charge in [0.1, 0.15) is 11.7 Å². The summed E-state index contributed by atoms with van der Waals surface area (Å²) in [6.45, 7) is 23.2. The van der Waals surface area contributed by atoms with Crippen molar-refractivity contribution in [2.75, 3.05) is 26.2 Å². The molecule has 8 heteroatoms. The fraction of sp³-hybridized carbons (Fsp3) is 0.786. The molecule has 0 aromatic carbocycles. The van der Waals surface area contributed by atoms with Crippen molar-refractivity contribution in [1.82, 2.24) is 9.80 Å². The van der Waals surface area contributed by atoms with E-state index < -0.39 is 16.4 Å². The van der Waals surface area contributed by atoms with Crippen LogP contribution in [0.1, 0.15) is 127 Å². The number of ketones is 2. The van der Waals surface area contributed by atoms with Gasteiger partial charge in [-0.15, -0.1) is 0 Å². The number of ether oxygens (including phenoxy) is 1. The van der Waals surface area contributed by atoms with Crippen molar-refractivity contribution in [1.29, 1.82) is 5.26 Å². The third kappa shape index (κ3) is 5.59. The van der Waals surface area contributed by atoms with Crippen LogP contribution < -0.4 is 0 Å². The standard InChI is InChI=1S/C42H61N3O5/c1-36(2,3)50-35(49)45-21-19-44(20-22-45)32(47)12-14-42-17-15-37(4,5)25-28(42)33-29(46)23-31-39(8)24-27(26-43)34(48)38(6,7)30(39)11-13-40(31,9)41(33,10)16-18-42/h23-24,28,30,33H,11-22,25H2,1-10H3/t28?,30-,33+,39-,40+,41+,42+/m0/s1. The highest BCUT2D eigenvalue weighted by molar-refractivity contribution is 6.04. The fourth-order valence-electron chi connectivity index (χ4n) is 12.2. The zero-order valence-electron chi connectivity index (χ0n) is 32.5. The first-order valence-corrected chi connectivity index (χ1v) is 19.2. The lowest BCUT2D eigenvalue weighted by atomic mass is 9.34. The number of nitrogens with zero attached hydrogens (tertiary/aromatic N) is 3. The van der Waals surface area contributed by atoms with Crippen molar-refractivity contribution in [3.63, 3.8) is 0 Å². The average Bonchev–Trinajstić information content (AvgIpc) is 3.02. The molecule has 1 heterocycles. The zero-order chi connectivity index (χ0) is 36.9. The van der Waals surface area contributed by atoms with Crippen LogP contribution in [0.15, 0.2) is 23.3 Å². The lowest BCUT2D eigenvalue weighted by molar-refractivity contribution is -0.173. The Kier molecular flexibility index (Phi) is 8.68. The summed E-state index contributed by atoms with van der Waals surface area (Å²) in [5.41, 5.74) is -0.893. The Hall–Kier alpha value is -2.95. The molecule has 5 aliphatic carbocycles. The highest BCUT2D eigenvalue weighted by Crippen LogP contribution is 2.75. The fourth-order valence-corrected chi connectivity index (χ4v) is 12.2. The number of hydrogen-bond donors (Lipinski definition) is 0. The van der Waals surface area contributed by atoms with Crippen molar-refractivity contribution < 1.29 is 23.9 Å². The maximum atomic E-state index is 14.8. The van der Waals surface area contributed by atoms with Crippen LogP contribution in [-0.4, -0.2) is 65.1 Å². The van der Waals surface area contributed by atoms with Crippen LogP contribution in [0.5, 0.6) is 0 Å². The average molecular weight is 688 g/mol. The minimum absolute atomic E-state index is 0.0279. The third-order valence-corrected chi connectivity index (χ3v) is 15.2. The lowest BCUT2D eigenvalue weighted by Gasteiger charge is -2.69. The van der Waals surface area contributed by atoms with E-state index in [-0.39, 0.29) is 68.6 Å². The van der Waals surface area contributed by atoms with Gasteiger partial charge in [0.05, 0.1) is 5.57 Å². The van der Waals surface area contributed by atoms with Crippen LogP contribution in [0, 0.1) is 61.6 Å². The minimum Gasteiger partial charge on any atom is -0.444 e. The molecule has 1 unspecified atom stereocenters. The van der Waals surface area contributed by atoms with Crippen molar-refractivity contribution in [2.24, 2.45) is 50.2 Å². The monoisotopic (exact) mass is 687 g/mol. The van der Waals surface area contributed by atoms with E-state index in [4.69, 9.17) is 4.74 Å². The number of Topliss-reactive ketones (excluding diaryl/α,β-unsaturated/α-hetero) is 1. The number of piperazine rings is 1. The first-order chi connectivity index (χ1) is 23.0. The van der Waals surface area contributed by atoms with Gasteiger partial charge in [0.25, 0.3) is 0 Å². The van der Waals surface area contributed by atoms with E-state index in [1.165, 1.54) is 0 Å². The quantitative estimate of drug-likeness (QED) is 0.297. The smallest absolute Gasteiger partial charge is 0.410 e. The molecule has 0 bridgehead atoms. The number of hydrogen-bond acceptors (Lipinski definition) is 6. The summed E-state index contributed by atoms with van der Waals surface area (Å²) in [5.74, 6) is 0.355. The van der Waals surface area contributed by atoms with Crippen molar-refractivity contribution in [3.05, 3.63) is 23.3 Å². The molecule has 6 rings (SSSR count). The second-order valence-electron chi connectivity index (χ2n) is 20.0. The third-order valence-electron chi connectivity index (χ3n) is 15.2. The van der Waals surface area contributed by atoms with Crippen LogP contribution in [0.3, 0.4) is 0 Å². The Bertz CT molecular complexity index is 1580. The van der Waals surface area contributed by atoms with Crippen molar-refractivity contribution in [3.8, 4) is 6.07 Å². The van der Waals surface area contributed by atoms with E-state index >= 15 is 0 Å². The SMILES string of the molecule is CC1(C)CC[C@]2(CCC(=O)N3CCN(C(=O)OC(C)(C)C)CC3)CC[C@]3(C)[C@@H](C(=O)C=C4[C@@]5(C)C=C(C#N)C(=O)C(C)(C)[C@@H]5CC[C@]43C)C2C1. The van der Waals surface area contributed by atoms with Gasteiger partial charge in [-0.3, -0.25) is 14.4 Å². The molecule has 3 saturated carbocycles. The summed E-state index contributed by atoms with van der Waals surface area (Å²) in [6.07, 6.45) is 11.6. The normalized spacial score (nSPS) is 39.1. The zero-order valence-corrected chi connectivity index (χ0v) is 32.5. The van der Waals surface area contributed by atoms with E-state index in [0.29, 0.717) is 32.6 Å². The van der Waals surface area contributed by atoms with E-state index in [1.54, 1.807) is 4.90 Å². The molecule has 1 aliphatic heterocycles. The molecule has 8 nitrogen and oxygen atoms in total. The van der Waals surface area contributed by atoms with Crippen molar-refractivity contribution in [2.45, 2.75) is 133 Å². The van der Waals surface area contributed by atoms with Crippen molar-refractivity contribution >= 4 is 23.6 Å². The lowest BCUT2D eigenvalue weighted by Crippen LogP contribution is -2.64. The number of fused-ring (bicyclic) bond motifs is 7. The summed E-state index contributed by atoms with van der Waals surface area (Å²) in [6, 6.07) is 2.21. The minimum atomic E-state index is -0.679. The van der Waals surface area contributed by atoms with E-state index in [0.717, 1.165) is 56.9 Å². The molecule has 6 aliphatic rings. The summed E-state index contributed by atoms with van der Waals surface area (Å²) in [4.78, 5) is 58.2. The molecule has 0 N–H and O–H groups in total. The molecular formula is C42H61N3O5. The maximum absolute atomic E-state index is 14.8. The van der Waals surface area contributed by atoms with Crippen LogP contribution in [0.25, 0.3) is 0 Å². The first kappa shape index (κ1) is 36.8. The predicted octanol–water partition coefficient (Wildman–Crippen LogP) is 8.07. The van der Waals surface area contributed by atoms with Crippen LogP contribution in [-0.2, 0) is 19.1 Å². The molecule has 7 atom stereocenters. The van der Waals surface area contributed by atoms with Gasteiger partial charge in [0, 0.05) is 49.3 Å². The second-order valence-corrected chi connectivity index (χ2v) is 20.0. The highest BCUT2D eigenvalue weighted by Gasteiger charge is 2.69. The molecule has 0 aromatic heterocycles. The number of nitriles is 1. The Morgan fingerprint density at radius 2 is 1.54 bits per heavy atom. The summed E-state index contributed by atoms with van der Waals surface area (Å²) >= 11 is 0. The topological polar surface area (TPSA) is 108 Å². The van der Waals surface area contributed by atoms with Gasteiger partial charge in [-0.2, -0.15) is 5.26 Å². The Balaban J connectivity index is 1.27. The van der Waals surface area contributed by atoms with Crippen LogP contribution >= 0.6 is 0 Å². The van der Waals surface area contributed by atoms with Gasteiger partial charge in [-0.1, -0.05) is 60.1 Å². The summed E-state index contributed by atoms with van der Waals surface area (Å²) < 4.78 is 5.55. The van der Waals surface area contributed by atoms with Gasteiger partial charge in [0.2, 0.25) is 5.91 Å². The molecule has 4 fully saturated rings. The van der Waals surface area contributed by atoms with Gasteiger partial charge in [0.15, 0.2) is 11.6 Å². The van der Waals surface area contributed by atoms with Gasteiger partial charge < -0.3 is 14.5 Å². The van der Waals surface area contributed by atoms with Crippen LogP contribution in [0.4, 0.5) is 4.79 Å². The van der Waals surface area contributed by atoms with Gasteiger partial charge >= 0.3 is 6.09 Å². The predicted molar refractivity (Wildman–Crippen MR) is 193 cm³/mol. The molecular weight excluding hydrogens is 626 g/mol. The molecule has 0 spiro atoms. The number of amides is 2. The Morgan fingerprint density at radius 3 is 2.16 bits per heavy atom. The molecule has 50 heavy (non-hydrogen) atoms. The van der Waals surface area contributed by atoms with Gasteiger partial charge in [-0.25, -0.2) is 4.79 Å². The van der Waals surface area contributed by atoms with Crippen LogP contribution in [0.2, 0.25) is 0 Å². The van der Waals surface area contributed by atoms with Gasteiger partial charge in [-0.05, 0) is 112 Å². The Morgan fingerprint density at radius 1 is 0.920 bits per heavy atom. The number of rotatable bonds is 3. The number of carbonyl (C=O) groups is 4. The Labute approximate surface area is 300 Å². The molecule has 1 saturated heterocycles. The molecule has 2 amide bonds. The first-order valence-electron chi connectivity index (χ1n) is 19.2. The summed E-state index contributed by atoms with van der Waals surface area (Å²) in [7, 11) is 0. The molecule has 0 aromatic rings. The largest absolute Gasteiger partial charge is 0.444 e. The van der Waals surface area contributed by atoms with E-state index in [2.05, 4.69) is 40.7 Å². The molecule has 274 valence electrons. The van der Waals surface area contributed by atoms with E-state index in [9.17, 15) is 24.4 Å². The highest BCUT2D eigenvalue weighted by atomic mass is 16.6. The molecule has 0 radical (unpaired) electrons. The van der Waals surface area contributed by atoms with E-state index in [1.807, 2.05) is 51.7 Å². The summed E-state index contributed by atoms with van der Waals surface area (Å²) in [5, 5.41) is 10.0. The maximum Gasteiger partial charge on any atom is 0.410 e. The number of carbonyl (C=O) groups excluding carboxylic acids is 4.